The van der Waals surface area contributed by atoms with Crippen LogP contribution in [-0.2, 0) is 17.1 Å². The molecule has 1 aromatic heterocycles. The van der Waals surface area contributed by atoms with Crippen molar-refractivity contribution in [2.24, 2.45) is 7.05 Å². The third-order valence-electron chi connectivity index (χ3n) is 3.94. The standard InChI is InChI=1S/C18H16Cl2N4O4S/c1-24-15(7-8-21-24)18(25)22-11-4-6-17(16(10-11)28-2)29(26,27)23-12-3-5-13(19)14(20)9-12/h3-10,23H,1-2H3,(H,22,25). The lowest BCUT2D eigenvalue weighted by Crippen LogP contribution is -2.17. The molecule has 3 rings (SSSR count). The molecular formula is C18H16Cl2N4O4S. The highest BCUT2D eigenvalue weighted by atomic mass is 35.5. The van der Waals surface area contributed by atoms with Gasteiger partial charge in [-0.1, -0.05) is 23.2 Å². The number of aryl methyl sites for hydroxylation is 1. The van der Waals surface area contributed by atoms with E-state index in [1.165, 1.54) is 54.4 Å². The van der Waals surface area contributed by atoms with Crippen molar-refractivity contribution in [3.05, 3.63) is 64.4 Å². The average molecular weight is 455 g/mol. The molecule has 0 fully saturated rings. The monoisotopic (exact) mass is 454 g/mol. The van der Waals surface area contributed by atoms with Crippen molar-refractivity contribution >= 4 is 50.5 Å². The first kappa shape index (κ1) is 21.0. The lowest BCUT2D eigenvalue weighted by molar-refractivity contribution is 0.101. The Bertz CT molecular complexity index is 1180. The van der Waals surface area contributed by atoms with E-state index >= 15 is 0 Å². The molecule has 8 nitrogen and oxygen atoms in total. The van der Waals surface area contributed by atoms with Crippen LogP contribution in [0.5, 0.6) is 5.75 Å². The van der Waals surface area contributed by atoms with Gasteiger partial charge in [-0.2, -0.15) is 5.10 Å². The van der Waals surface area contributed by atoms with Gasteiger partial charge in [0, 0.05) is 25.0 Å². The van der Waals surface area contributed by atoms with Crippen LogP contribution in [0.1, 0.15) is 10.5 Å². The van der Waals surface area contributed by atoms with Crippen LogP contribution in [-0.4, -0.2) is 31.2 Å². The van der Waals surface area contributed by atoms with Crippen LogP contribution in [0.15, 0.2) is 53.6 Å². The van der Waals surface area contributed by atoms with E-state index in [1.807, 2.05) is 0 Å². The molecule has 0 bridgehead atoms. The number of ether oxygens (including phenoxy) is 1. The third kappa shape index (κ3) is 4.64. The van der Waals surface area contributed by atoms with Crippen molar-refractivity contribution in [2.45, 2.75) is 4.90 Å². The van der Waals surface area contributed by atoms with Gasteiger partial charge in [-0.05, 0) is 36.4 Å². The minimum atomic E-state index is -3.98. The third-order valence-corrected chi connectivity index (χ3v) is 6.10. The Morgan fingerprint density at radius 1 is 1.07 bits per heavy atom. The fraction of sp³-hybridized carbons (Fsp3) is 0.111. The highest BCUT2D eigenvalue weighted by molar-refractivity contribution is 7.92. The van der Waals surface area contributed by atoms with Gasteiger partial charge in [0.05, 0.1) is 22.8 Å². The molecule has 0 spiro atoms. The number of methoxy groups -OCH3 is 1. The molecule has 2 aromatic carbocycles. The van der Waals surface area contributed by atoms with Crippen molar-refractivity contribution in [1.29, 1.82) is 0 Å². The molecule has 152 valence electrons. The van der Waals surface area contributed by atoms with E-state index in [9.17, 15) is 13.2 Å². The van der Waals surface area contributed by atoms with Crippen LogP contribution >= 0.6 is 23.2 Å². The maximum Gasteiger partial charge on any atom is 0.273 e. The summed E-state index contributed by atoms with van der Waals surface area (Å²) >= 11 is 11.8. The van der Waals surface area contributed by atoms with Gasteiger partial charge in [0.25, 0.3) is 15.9 Å². The van der Waals surface area contributed by atoms with E-state index in [0.29, 0.717) is 16.4 Å². The second kappa shape index (κ2) is 8.32. The average Bonchev–Trinajstić information content (AvgIpc) is 3.10. The highest BCUT2D eigenvalue weighted by Gasteiger charge is 2.21. The summed E-state index contributed by atoms with van der Waals surface area (Å²) in [7, 11) is -1.01. The normalized spacial score (nSPS) is 11.2. The van der Waals surface area contributed by atoms with Crippen LogP contribution in [0.4, 0.5) is 11.4 Å². The minimum absolute atomic E-state index is 0.0559. The summed E-state index contributed by atoms with van der Waals surface area (Å²) in [5, 5.41) is 7.13. The first-order chi connectivity index (χ1) is 13.7. The molecule has 0 radical (unpaired) electrons. The smallest absolute Gasteiger partial charge is 0.273 e. The van der Waals surface area contributed by atoms with Crippen LogP contribution in [0.2, 0.25) is 10.0 Å². The summed E-state index contributed by atoms with van der Waals surface area (Å²) in [6, 6.07) is 10.1. The number of nitrogens with one attached hydrogen (secondary N) is 2. The number of sulfonamides is 1. The van der Waals surface area contributed by atoms with Gasteiger partial charge in [-0.25, -0.2) is 8.42 Å². The van der Waals surface area contributed by atoms with Gasteiger partial charge >= 0.3 is 0 Å². The van der Waals surface area contributed by atoms with Crippen molar-refractivity contribution < 1.29 is 17.9 Å². The number of benzene rings is 2. The molecule has 0 saturated heterocycles. The number of carbonyl (C=O) groups is 1. The SMILES string of the molecule is COc1cc(NC(=O)c2ccnn2C)ccc1S(=O)(=O)Nc1ccc(Cl)c(Cl)c1. The fourth-order valence-electron chi connectivity index (χ4n) is 2.53. The Morgan fingerprint density at radius 3 is 2.41 bits per heavy atom. The Morgan fingerprint density at radius 2 is 1.79 bits per heavy atom. The van der Waals surface area contributed by atoms with Crippen LogP contribution in [0, 0.1) is 0 Å². The van der Waals surface area contributed by atoms with E-state index in [0.717, 1.165) is 0 Å². The van der Waals surface area contributed by atoms with E-state index in [2.05, 4.69) is 15.1 Å². The zero-order valence-corrected chi connectivity index (χ0v) is 17.6. The Hall–Kier alpha value is -2.75. The van der Waals surface area contributed by atoms with Gasteiger partial charge in [-0.15, -0.1) is 0 Å². The zero-order valence-electron chi connectivity index (χ0n) is 15.3. The van der Waals surface area contributed by atoms with Gasteiger partial charge < -0.3 is 10.1 Å². The number of anilines is 2. The number of hydrogen-bond donors (Lipinski definition) is 2. The van der Waals surface area contributed by atoms with Gasteiger partial charge in [-0.3, -0.25) is 14.2 Å². The molecule has 0 saturated carbocycles. The molecule has 0 atom stereocenters. The Labute approximate surface area is 177 Å². The molecule has 1 amide bonds. The zero-order chi connectivity index (χ0) is 21.2. The summed E-state index contributed by atoms with van der Waals surface area (Å²) in [5.41, 5.74) is 0.957. The molecule has 1 heterocycles. The number of nitrogens with zero attached hydrogens (tertiary/aromatic N) is 2. The number of rotatable bonds is 6. The quantitative estimate of drug-likeness (QED) is 0.589. The van der Waals surface area contributed by atoms with E-state index in [-0.39, 0.29) is 21.4 Å². The summed E-state index contributed by atoms with van der Waals surface area (Å²) in [6.45, 7) is 0. The van der Waals surface area contributed by atoms with E-state index in [1.54, 1.807) is 13.1 Å². The van der Waals surface area contributed by atoms with Gasteiger partial charge in [0.2, 0.25) is 0 Å². The molecule has 0 aliphatic rings. The van der Waals surface area contributed by atoms with Crippen LogP contribution in [0.25, 0.3) is 0 Å². The second-order valence-corrected chi connectivity index (χ2v) is 8.36. The molecule has 3 aromatic rings. The summed E-state index contributed by atoms with van der Waals surface area (Å²) in [5.74, 6) is -0.336. The molecule has 0 unspecified atom stereocenters. The number of amides is 1. The molecule has 0 aliphatic heterocycles. The lowest BCUT2D eigenvalue weighted by atomic mass is 10.3. The first-order valence-electron chi connectivity index (χ1n) is 8.16. The Balaban J connectivity index is 1.86. The van der Waals surface area contributed by atoms with E-state index in [4.69, 9.17) is 27.9 Å². The highest BCUT2D eigenvalue weighted by Crippen LogP contribution is 2.31. The van der Waals surface area contributed by atoms with Crippen molar-refractivity contribution in [1.82, 2.24) is 9.78 Å². The topological polar surface area (TPSA) is 102 Å². The minimum Gasteiger partial charge on any atom is -0.495 e. The predicted octanol–water partition coefficient (Wildman–Crippen LogP) is 3.79. The largest absolute Gasteiger partial charge is 0.495 e. The molecule has 2 N–H and O–H groups in total. The number of carbonyl (C=O) groups excluding carboxylic acids is 1. The van der Waals surface area contributed by atoms with Crippen LogP contribution in [0.3, 0.4) is 0 Å². The van der Waals surface area contributed by atoms with Gasteiger partial charge in [0.15, 0.2) is 0 Å². The van der Waals surface area contributed by atoms with Crippen molar-refractivity contribution in [3.63, 3.8) is 0 Å². The second-order valence-electron chi connectivity index (χ2n) is 5.89. The van der Waals surface area contributed by atoms with E-state index < -0.39 is 15.9 Å². The molecular weight excluding hydrogens is 439 g/mol. The summed E-state index contributed by atoms with van der Waals surface area (Å²) in [4.78, 5) is 12.2. The fourth-order valence-corrected chi connectivity index (χ4v) is 4.03. The van der Waals surface area contributed by atoms with Gasteiger partial charge in [0.1, 0.15) is 16.3 Å². The number of aromatic nitrogens is 2. The predicted molar refractivity (Wildman–Crippen MR) is 111 cm³/mol. The first-order valence-corrected chi connectivity index (χ1v) is 10.4. The summed E-state index contributed by atoms with van der Waals surface area (Å²) in [6.07, 6.45) is 1.50. The Kier molecular flexibility index (Phi) is 6.02. The molecule has 11 heteroatoms. The van der Waals surface area contributed by atoms with Crippen molar-refractivity contribution in [3.8, 4) is 5.75 Å². The lowest BCUT2D eigenvalue weighted by Gasteiger charge is -2.14. The number of hydrogen-bond acceptors (Lipinski definition) is 5. The number of halogens is 2. The van der Waals surface area contributed by atoms with Crippen LogP contribution < -0.4 is 14.8 Å². The van der Waals surface area contributed by atoms with Crippen molar-refractivity contribution in [2.75, 3.05) is 17.1 Å². The maximum atomic E-state index is 12.8. The molecule has 29 heavy (non-hydrogen) atoms. The molecule has 0 aliphatic carbocycles. The summed E-state index contributed by atoms with van der Waals surface area (Å²) < 4.78 is 34.6. The maximum absolute atomic E-state index is 12.8.